The van der Waals surface area contributed by atoms with Gasteiger partial charge in [-0.2, -0.15) is 0 Å². The standard InChI is InChI=1S/C25H32Cl2N2O3/c1-5-13-28-25(31)22(6-2)29(15-18-11-12-19(26)14-21(18)27)24(30)16-32-23-10-8-7-9-20(23)17(3)4/h7-12,14,17,22H,5-6,13,15-16H2,1-4H3,(H,28,31)/t22-/m0/s1. The third-order valence-corrected chi connectivity index (χ3v) is 5.77. The third kappa shape index (κ3) is 7.14. The lowest BCUT2D eigenvalue weighted by Gasteiger charge is -2.31. The van der Waals surface area contributed by atoms with Crippen LogP contribution in [0.4, 0.5) is 0 Å². The zero-order valence-corrected chi connectivity index (χ0v) is 20.7. The van der Waals surface area contributed by atoms with E-state index in [-0.39, 0.29) is 30.9 Å². The molecule has 0 fully saturated rings. The normalized spacial score (nSPS) is 11.8. The second-order valence-corrected chi connectivity index (χ2v) is 8.80. The number of benzene rings is 2. The molecule has 32 heavy (non-hydrogen) atoms. The number of para-hydroxylation sites is 1. The van der Waals surface area contributed by atoms with Gasteiger partial charge in [-0.05, 0) is 48.1 Å². The maximum Gasteiger partial charge on any atom is 0.261 e. The number of ether oxygens (including phenoxy) is 1. The highest BCUT2D eigenvalue weighted by Crippen LogP contribution is 2.27. The van der Waals surface area contributed by atoms with Crippen molar-refractivity contribution in [2.45, 2.75) is 59.0 Å². The molecule has 0 saturated carbocycles. The van der Waals surface area contributed by atoms with Crippen molar-refractivity contribution < 1.29 is 14.3 Å². The summed E-state index contributed by atoms with van der Waals surface area (Å²) in [6.07, 6.45) is 1.28. The predicted molar refractivity (Wildman–Crippen MR) is 130 cm³/mol. The van der Waals surface area contributed by atoms with E-state index in [4.69, 9.17) is 27.9 Å². The highest BCUT2D eigenvalue weighted by Gasteiger charge is 2.29. The van der Waals surface area contributed by atoms with Crippen LogP contribution in [0.3, 0.4) is 0 Å². The number of carbonyl (C=O) groups excluding carboxylic acids is 2. The number of nitrogens with zero attached hydrogens (tertiary/aromatic N) is 1. The molecule has 2 amide bonds. The van der Waals surface area contributed by atoms with Crippen LogP contribution >= 0.6 is 23.2 Å². The van der Waals surface area contributed by atoms with Crippen LogP contribution in [0.1, 0.15) is 57.6 Å². The maximum absolute atomic E-state index is 13.3. The van der Waals surface area contributed by atoms with Crippen molar-refractivity contribution in [2.24, 2.45) is 0 Å². The zero-order chi connectivity index (χ0) is 23.7. The fourth-order valence-corrected chi connectivity index (χ4v) is 3.90. The summed E-state index contributed by atoms with van der Waals surface area (Å²) in [6, 6.07) is 12.2. The molecule has 0 saturated heterocycles. The number of halogens is 2. The Bertz CT molecular complexity index is 918. The summed E-state index contributed by atoms with van der Waals surface area (Å²) in [7, 11) is 0. The Morgan fingerprint density at radius 3 is 2.44 bits per heavy atom. The third-order valence-electron chi connectivity index (χ3n) is 5.18. The minimum atomic E-state index is -0.635. The Balaban J connectivity index is 2.27. The number of amides is 2. The van der Waals surface area contributed by atoms with E-state index in [2.05, 4.69) is 19.2 Å². The molecule has 2 rings (SSSR count). The van der Waals surface area contributed by atoms with E-state index < -0.39 is 6.04 Å². The predicted octanol–water partition coefficient (Wildman–Crippen LogP) is 5.83. The van der Waals surface area contributed by atoms with Gasteiger partial charge in [-0.15, -0.1) is 0 Å². The maximum atomic E-state index is 13.3. The van der Waals surface area contributed by atoms with Crippen molar-refractivity contribution in [1.82, 2.24) is 10.2 Å². The molecule has 174 valence electrons. The van der Waals surface area contributed by atoms with Crippen molar-refractivity contribution in [1.29, 1.82) is 0 Å². The molecule has 7 heteroatoms. The first-order valence-electron chi connectivity index (χ1n) is 11.0. The van der Waals surface area contributed by atoms with Gasteiger partial charge in [0.15, 0.2) is 6.61 Å². The topological polar surface area (TPSA) is 58.6 Å². The summed E-state index contributed by atoms with van der Waals surface area (Å²) in [5, 5.41) is 3.86. The lowest BCUT2D eigenvalue weighted by Crippen LogP contribution is -2.50. The van der Waals surface area contributed by atoms with Crippen LogP contribution in [0.25, 0.3) is 0 Å². The van der Waals surface area contributed by atoms with Crippen LogP contribution in [0.15, 0.2) is 42.5 Å². The molecular weight excluding hydrogens is 447 g/mol. The minimum Gasteiger partial charge on any atom is -0.483 e. The number of carbonyl (C=O) groups is 2. The van der Waals surface area contributed by atoms with Crippen LogP contribution in [-0.2, 0) is 16.1 Å². The number of rotatable bonds is 11. The number of hydrogen-bond donors (Lipinski definition) is 1. The summed E-state index contributed by atoms with van der Waals surface area (Å²) in [6.45, 7) is 8.58. The van der Waals surface area contributed by atoms with Gasteiger partial charge in [0.1, 0.15) is 11.8 Å². The van der Waals surface area contributed by atoms with E-state index >= 15 is 0 Å². The quantitative estimate of drug-likeness (QED) is 0.441. The summed E-state index contributed by atoms with van der Waals surface area (Å²) >= 11 is 12.4. The Kier molecular flexibility index (Phi) is 10.3. The molecule has 1 atom stereocenters. The van der Waals surface area contributed by atoms with Crippen LogP contribution in [-0.4, -0.2) is 35.9 Å². The monoisotopic (exact) mass is 478 g/mol. The van der Waals surface area contributed by atoms with Crippen molar-refractivity contribution in [3.05, 3.63) is 63.6 Å². The Labute approximate surface area is 201 Å². The van der Waals surface area contributed by atoms with Gasteiger partial charge in [-0.1, -0.05) is 75.2 Å². The zero-order valence-electron chi connectivity index (χ0n) is 19.2. The molecule has 0 spiro atoms. The van der Waals surface area contributed by atoms with Crippen molar-refractivity contribution in [3.8, 4) is 5.75 Å². The first kappa shape index (κ1) is 26.0. The first-order valence-corrected chi connectivity index (χ1v) is 11.8. The second-order valence-electron chi connectivity index (χ2n) is 7.95. The van der Waals surface area contributed by atoms with Gasteiger partial charge in [0.05, 0.1) is 0 Å². The highest BCUT2D eigenvalue weighted by atomic mass is 35.5. The van der Waals surface area contributed by atoms with E-state index in [1.54, 1.807) is 18.2 Å². The van der Waals surface area contributed by atoms with Gasteiger partial charge in [0.2, 0.25) is 5.91 Å². The van der Waals surface area contributed by atoms with Gasteiger partial charge in [-0.25, -0.2) is 0 Å². The Hall–Kier alpha value is -2.24. The average molecular weight is 479 g/mol. The van der Waals surface area contributed by atoms with Crippen molar-refractivity contribution >= 4 is 35.0 Å². The van der Waals surface area contributed by atoms with Crippen molar-refractivity contribution in [2.75, 3.05) is 13.2 Å². The summed E-state index contributed by atoms with van der Waals surface area (Å²) < 4.78 is 5.91. The number of nitrogens with one attached hydrogen (secondary N) is 1. The van der Waals surface area contributed by atoms with Gasteiger partial charge < -0.3 is 15.0 Å². The Morgan fingerprint density at radius 2 is 1.81 bits per heavy atom. The molecule has 0 unspecified atom stereocenters. The summed E-state index contributed by atoms with van der Waals surface area (Å²) in [5.74, 6) is 0.459. The molecule has 0 aliphatic heterocycles. The molecule has 1 N–H and O–H groups in total. The Morgan fingerprint density at radius 1 is 1.09 bits per heavy atom. The molecule has 0 aliphatic carbocycles. The smallest absolute Gasteiger partial charge is 0.261 e. The van der Waals surface area contributed by atoms with Gasteiger partial charge in [0.25, 0.3) is 5.91 Å². The lowest BCUT2D eigenvalue weighted by molar-refractivity contribution is -0.143. The highest BCUT2D eigenvalue weighted by molar-refractivity contribution is 6.35. The molecular formula is C25H32Cl2N2O3. The van der Waals surface area contributed by atoms with Crippen LogP contribution < -0.4 is 10.1 Å². The van der Waals surface area contributed by atoms with E-state index in [0.717, 1.165) is 12.0 Å². The van der Waals surface area contributed by atoms with Gasteiger partial charge >= 0.3 is 0 Å². The molecule has 0 aromatic heterocycles. The SMILES string of the molecule is CCCNC(=O)[C@H](CC)N(Cc1ccc(Cl)cc1Cl)C(=O)COc1ccccc1C(C)C. The summed E-state index contributed by atoms with van der Waals surface area (Å²) in [4.78, 5) is 27.7. The van der Waals surface area contributed by atoms with Crippen LogP contribution in [0.2, 0.25) is 10.0 Å². The first-order chi connectivity index (χ1) is 15.3. The second kappa shape index (κ2) is 12.7. The molecule has 0 radical (unpaired) electrons. The summed E-state index contributed by atoms with van der Waals surface area (Å²) in [5.41, 5.74) is 1.74. The molecule has 0 bridgehead atoms. The fraction of sp³-hybridized carbons (Fsp3) is 0.440. The molecule has 5 nitrogen and oxygen atoms in total. The average Bonchev–Trinajstić information content (AvgIpc) is 2.77. The van der Waals surface area contributed by atoms with Crippen LogP contribution in [0.5, 0.6) is 5.75 Å². The van der Waals surface area contributed by atoms with E-state index in [1.807, 2.05) is 38.1 Å². The largest absolute Gasteiger partial charge is 0.483 e. The van der Waals surface area contributed by atoms with Crippen LogP contribution in [0, 0.1) is 0 Å². The molecule has 0 aliphatic rings. The fourth-order valence-electron chi connectivity index (χ4n) is 3.43. The van der Waals surface area contributed by atoms with Crippen molar-refractivity contribution in [3.63, 3.8) is 0 Å². The molecule has 0 heterocycles. The molecule has 2 aromatic carbocycles. The molecule has 2 aromatic rings. The van der Waals surface area contributed by atoms with Gasteiger partial charge in [-0.3, -0.25) is 9.59 Å². The van der Waals surface area contributed by atoms with E-state index in [9.17, 15) is 9.59 Å². The number of hydrogen-bond acceptors (Lipinski definition) is 3. The van der Waals surface area contributed by atoms with Gasteiger partial charge in [0, 0.05) is 23.1 Å². The minimum absolute atomic E-state index is 0.174. The van der Waals surface area contributed by atoms with E-state index in [1.165, 1.54) is 4.90 Å². The lowest BCUT2D eigenvalue weighted by atomic mass is 10.0. The van der Waals surface area contributed by atoms with E-state index in [0.29, 0.717) is 34.3 Å².